The number of nitrogens with zero attached hydrogens (tertiary/aromatic N) is 3. The lowest BCUT2D eigenvalue weighted by Gasteiger charge is -2.29. The normalized spacial score (nSPS) is 14.5. The third-order valence-electron chi connectivity index (χ3n) is 3.61. The second-order valence-corrected chi connectivity index (χ2v) is 5.23. The average Bonchev–Trinajstić information content (AvgIpc) is 3.05. The molecule has 0 saturated heterocycles. The summed E-state index contributed by atoms with van der Waals surface area (Å²) < 4.78 is 42.5. The van der Waals surface area contributed by atoms with Crippen molar-refractivity contribution in [1.82, 2.24) is 19.4 Å². The largest absolute Gasteiger partial charge is 0.424 e. The topological polar surface area (TPSA) is 72.1 Å². The summed E-state index contributed by atoms with van der Waals surface area (Å²) in [6.45, 7) is -0.354. The van der Waals surface area contributed by atoms with Crippen molar-refractivity contribution in [2.75, 3.05) is 6.54 Å². The van der Waals surface area contributed by atoms with Crippen molar-refractivity contribution in [2.24, 2.45) is 14.1 Å². The highest BCUT2D eigenvalue weighted by Crippen LogP contribution is 2.40. The Labute approximate surface area is 130 Å². The van der Waals surface area contributed by atoms with Crippen LogP contribution in [0.1, 0.15) is 22.7 Å². The first-order chi connectivity index (χ1) is 10.7. The van der Waals surface area contributed by atoms with Crippen molar-refractivity contribution in [3.8, 4) is 0 Å². The Balaban J connectivity index is 2.10. The van der Waals surface area contributed by atoms with Gasteiger partial charge < -0.3 is 19.6 Å². The molecule has 2 N–H and O–H groups in total. The zero-order chi connectivity index (χ0) is 17.3. The maximum Gasteiger partial charge on any atom is 0.424 e. The molecule has 126 valence electrons. The van der Waals surface area contributed by atoms with Gasteiger partial charge in [-0.2, -0.15) is 13.2 Å². The third-order valence-corrected chi connectivity index (χ3v) is 3.61. The second-order valence-electron chi connectivity index (χ2n) is 5.23. The van der Waals surface area contributed by atoms with E-state index < -0.39 is 29.9 Å². The van der Waals surface area contributed by atoms with Crippen LogP contribution in [0.15, 0.2) is 30.7 Å². The van der Waals surface area contributed by atoms with Gasteiger partial charge in [0.05, 0.1) is 0 Å². The first-order valence-electron chi connectivity index (χ1n) is 6.83. The molecule has 0 aliphatic carbocycles. The summed E-state index contributed by atoms with van der Waals surface area (Å²) in [5.41, 5.74) is -2.82. The second kappa shape index (κ2) is 6.07. The lowest BCUT2D eigenvalue weighted by Crippen LogP contribution is -2.46. The molecule has 0 aliphatic rings. The van der Waals surface area contributed by atoms with Crippen molar-refractivity contribution >= 4 is 5.91 Å². The predicted octanol–water partition coefficient (Wildman–Crippen LogP) is 1.33. The lowest BCUT2D eigenvalue weighted by atomic mass is 9.97. The molecule has 23 heavy (non-hydrogen) atoms. The van der Waals surface area contributed by atoms with Crippen LogP contribution in [0.25, 0.3) is 0 Å². The number of imidazole rings is 1. The minimum Gasteiger partial charge on any atom is -0.374 e. The molecule has 2 aromatic heterocycles. The predicted molar refractivity (Wildman–Crippen MR) is 75.5 cm³/mol. The molecule has 1 amide bonds. The molecule has 0 fully saturated rings. The smallest absolute Gasteiger partial charge is 0.374 e. The van der Waals surface area contributed by atoms with Crippen LogP contribution in [-0.4, -0.2) is 37.9 Å². The van der Waals surface area contributed by atoms with Crippen molar-refractivity contribution in [3.05, 3.63) is 42.2 Å². The molecule has 1 unspecified atom stereocenters. The number of hydrogen-bond acceptors (Lipinski definition) is 3. The number of aromatic nitrogens is 3. The van der Waals surface area contributed by atoms with Crippen LogP contribution in [0.3, 0.4) is 0 Å². The molecule has 2 rings (SSSR count). The Hall–Kier alpha value is -2.29. The minimum absolute atomic E-state index is 0.317. The monoisotopic (exact) mass is 330 g/mol. The molecule has 0 radical (unpaired) electrons. The number of aliphatic hydroxyl groups is 1. The van der Waals surface area contributed by atoms with Crippen molar-refractivity contribution in [3.63, 3.8) is 0 Å². The molecule has 0 aliphatic heterocycles. The average molecular weight is 330 g/mol. The Kier molecular flexibility index (Phi) is 4.51. The molecule has 9 heteroatoms. The third kappa shape index (κ3) is 3.24. The number of hydrogen-bond donors (Lipinski definition) is 2. The van der Waals surface area contributed by atoms with E-state index in [-0.39, 0.29) is 6.54 Å². The summed E-state index contributed by atoms with van der Waals surface area (Å²) >= 11 is 0. The summed E-state index contributed by atoms with van der Waals surface area (Å²) in [6, 6.07) is 3.19. The fourth-order valence-corrected chi connectivity index (χ4v) is 2.29. The summed E-state index contributed by atoms with van der Waals surface area (Å²) in [6.07, 6.45) is -1.52. The SMILES string of the molecule is Cn1cccc1C(=O)NCCC(O)(c1nccn1C)C(F)(F)F. The van der Waals surface area contributed by atoms with Gasteiger partial charge in [0.15, 0.2) is 0 Å². The van der Waals surface area contributed by atoms with Gasteiger partial charge >= 0.3 is 6.18 Å². The highest BCUT2D eigenvalue weighted by molar-refractivity contribution is 5.92. The molecule has 1 atom stereocenters. The van der Waals surface area contributed by atoms with E-state index in [1.54, 1.807) is 29.9 Å². The van der Waals surface area contributed by atoms with E-state index in [0.717, 1.165) is 4.57 Å². The molecular weight excluding hydrogens is 313 g/mol. The summed E-state index contributed by atoms with van der Waals surface area (Å²) in [7, 11) is 3.01. The van der Waals surface area contributed by atoms with Crippen LogP contribution in [0, 0.1) is 0 Å². The molecule has 2 aromatic rings. The molecule has 0 aromatic carbocycles. The summed E-state index contributed by atoms with van der Waals surface area (Å²) in [5, 5.41) is 12.5. The van der Waals surface area contributed by atoms with E-state index in [1.165, 1.54) is 19.4 Å². The van der Waals surface area contributed by atoms with Crippen LogP contribution in [0.4, 0.5) is 13.2 Å². The van der Waals surface area contributed by atoms with Gasteiger partial charge in [-0.15, -0.1) is 0 Å². The van der Waals surface area contributed by atoms with E-state index in [0.29, 0.717) is 5.69 Å². The van der Waals surface area contributed by atoms with Crippen LogP contribution in [0.5, 0.6) is 0 Å². The van der Waals surface area contributed by atoms with Crippen LogP contribution >= 0.6 is 0 Å². The van der Waals surface area contributed by atoms with Gasteiger partial charge in [0.2, 0.25) is 5.60 Å². The maximum atomic E-state index is 13.3. The van der Waals surface area contributed by atoms with Gasteiger partial charge in [-0.1, -0.05) is 0 Å². The van der Waals surface area contributed by atoms with E-state index in [2.05, 4.69) is 10.3 Å². The molecule has 0 saturated carbocycles. The maximum absolute atomic E-state index is 13.3. The highest BCUT2D eigenvalue weighted by atomic mass is 19.4. The van der Waals surface area contributed by atoms with Gasteiger partial charge in [-0.3, -0.25) is 4.79 Å². The Morgan fingerprint density at radius 3 is 2.48 bits per heavy atom. The van der Waals surface area contributed by atoms with Crippen molar-refractivity contribution in [2.45, 2.75) is 18.2 Å². The molecule has 0 bridgehead atoms. The van der Waals surface area contributed by atoms with Gasteiger partial charge in [0.1, 0.15) is 11.5 Å². The molecule has 2 heterocycles. The number of amides is 1. The molecule has 6 nitrogen and oxygen atoms in total. The number of rotatable bonds is 5. The molecule has 0 spiro atoms. The number of halogens is 3. The fourth-order valence-electron chi connectivity index (χ4n) is 2.29. The Morgan fingerprint density at radius 1 is 1.30 bits per heavy atom. The van der Waals surface area contributed by atoms with Crippen molar-refractivity contribution < 1.29 is 23.1 Å². The number of carbonyl (C=O) groups excluding carboxylic acids is 1. The van der Waals surface area contributed by atoms with E-state index >= 15 is 0 Å². The van der Waals surface area contributed by atoms with Gasteiger partial charge in [0, 0.05) is 45.7 Å². The Bertz CT molecular complexity index is 692. The Morgan fingerprint density at radius 2 is 2.00 bits per heavy atom. The standard InChI is InChI=1S/C14H17F3N4O2/c1-20-8-3-4-10(20)11(22)18-6-5-13(23,14(15,16)17)12-19-7-9-21(12)2/h3-4,7-9,23H,5-6H2,1-2H3,(H,18,22). The van der Waals surface area contributed by atoms with Crippen LogP contribution in [0.2, 0.25) is 0 Å². The highest BCUT2D eigenvalue weighted by Gasteiger charge is 2.57. The number of aryl methyl sites for hydroxylation is 2. The van der Waals surface area contributed by atoms with Crippen molar-refractivity contribution in [1.29, 1.82) is 0 Å². The van der Waals surface area contributed by atoms with Gasteiger partial charge in [-0.05, 0) is 12.1 Å². The lowest BCUT2D eigenvalue weighted by molar-refractivity contribution is -0.272. The quantitative estimate of drug-likeness (QED) is 0.869. The minimum atomic E-state index is -4.91. The zero-order valence-corrected chi connectivity index (χ0v) is 12.6. The molecular formula is C14H17F3N4O2. The number of alkyl halides is 3. The van der Waals surface area contributed by atoms with E-state index in [1.807, 2.05) is 0 Å². The number of carbonyl (C=O) groups is 1. The first kappa shape index (κ1) is 17.1. The van der Waals surface area contributed by atoms with Gasteiger partial charge in [-0.25, -0.2) is 4.98 Å². The first-order valence-corrected chi connectivity index (χ1v) is 6.83. The zero-order valence-electron chi connectivity index (χ0n) is 12.6. The van der Waals surface area contributed by atoms with Gasteiger partial charge in [0.25, 0.3) is 5.91 Å². The summed E-state index contributed by atoms with van der Waals surface area (Å²) in [4.78, 5) is 15.5. The van der Waals surface area contributed by atoms with Crippen LogP contribution in [-0.2, 0) is 19.7 Å². The fraction of sp³-hybridized carbons (Fsp3) is 0.429. The summed E-state index contributed by atoms with van der Waals surface area (Å²) in [5.74, 6) is -1.03. The van der Waals surface area contributed by atoms with Crippen LogP contribution < -0.4 is 5.32 Å². The van der Waals surface area contributed by atoms with E-state index in [9.17, 15) is 23.1 Å². The van der Waals surface area contributed by atoms with E-state index in [4.69, 9.17) is 0 Å². The number of nitrogens with one attached hydrogen (secondary N) is 1.